The van der Waals surface area contributed by atoms with Crippen molar-refractivity contribution in [1.29, 1.82) is 0 Å². The van der Waals surface area contributed by atoms with Gasteiger partial charge in [-0.05, 0) is 46.0 Å². The van der Waals surface area contributed by atoms with Gasteiger partial charge in [-0.3, -0.25) is 0 Å². The maximum Gasteiger partial charge on any atom is 0.169 e. The fraction of sp³-hybridized carbons (Fsp3) is 1.00. The zero-order chi connectivity index (χ0) is 11.6. The third-order valence-corrected chi connectivity index (χ3v) is 3.60. The lowest BCUT2D eigenvalue weighted by Crippen LogP contribution is -2.38. The summed E-state index contributed by atoms with van der Waals surface area (Å²) in [5, 5.41) is 0. The standard InChI is InChI=1S/C13H24O3.CH4/c1-4-11-6-5-7-12(14-11)16-13(3)9-8-10(2)15-13;/h10-12H,4-9H2,1-3H3;1H4. The molecule has 2 aliphatic rings. The van der Waals surface area contributed by atoms with Crippen LogP contribution in [0.4, 0.5) is 0 Å². The van der Waals surface area contributed by atoms with Gasteiger partial charge in [-0.1, -0.05) is 14.4 Å². The first-order valence-electron chi connectivity index (χ1n) is 6.62. The summed E-state index contributed by atoms with van der Waals surface area (Å²) < 4.78 is 17.7. The molecular weight excluding hydrogens is 216 g/mol. The van der Waals surface area contributed by atoms with Crippen molar-refractivity contribution in [3.63, 3.8) is 0 Å². The summed E-state index contributed by atoms with van der Waals surface area (Å²) in [7, 11) is 0. The zero-order valence-electron chi connectivity index (χ0n) is 10.7. The second-order valence-corrected chi connectivity index (χ2v) is 5.25. The molecule has 0 saturated carbocycles. The lowest BCUT2D eigenvalue weighted by atomic mass is 10.1. The first-order chi connectivity index (χ1) is 7.61. The van der Waals surface area contributed by atoms with E-state index in [1.54, 1.807) is 0 Å². The molecule has 2 heterocycles. The van der Waals surface area contributed by atoms with Crippen molar-refractivity contribution in [2.75, 3.05) is 0 Å². The molecule has 0 bridgehead atoms. The van der Waals surface area contributed by atoms with Crippen LogP contribution in [0.25, 0.3) is 0 Å². The Morgan fingerprint density at radius 3 is 2.65 bits per heavy atom. The largest absolute Gasteiger partial charge is 0.349 e. The maximum absolute atomic E-state index is 6.00. The van der Waals surface area contributed by atoms with Crippen LogP contribution in [0.15, 0.2) is 0 Å². The van der Waals surface area contributed by atoms with Crippen molar-refractivity contribution in [3.8, 4) is 0 Å². The number of hydrogen-bond acceptors (Lipinski definition) is 3. The Bertz CT molecular complexity index is 232. The molecule has 2 saturated heterocycles. The van der Waals surface area contributed by atoms with Gasteiger partial charge in [0.2, 0.25) is 0 Å². The molecule has 3 nitrogen and oxygen atoms in total. The molecule has 17 heavy (non-hydrogen) atoms. The molecule has 2 aliphatic heterocycles. The van der Waals surface area contributed by atoms with Crippen LogP contribution in [0, 0.1) is 0 Å². The molecule has 4 atom stereocenters. The van der Waals surface area contributed by atoms with Gasteiger partial charge in [0.25, 0.3) is 0 Å². The fourth-order valence-electron chi connectivity index (χ4n) is 2.62. The highest BCUT2D eigenvalue weighted by atomic mass is 16.8. The van der Waals surface area contributed by atoms with E-state index in [4.69, 9.17) is 14.2 Å². The van der Waals surface area contributed by atoms with Crippen molar-refractivity contribution >= 4 is 0 Å². The van der Waals surface area contributed by atoms with Gasteiger partial charge in [-0.15, -0.1) is 0 Å². The van der Waals surface area contributed by atoms with E-state index in [1.807, 2.05) is 6.92 Å². The molecule has 0 aromatic rings. The van der Waals surface area contributed by atoms with Crippen LogP contribution in [-0.4, -0.2) is 24.3 Å². The Balaban J connectivity index is 0.00000144. The Morgan fingerprint density at radius 1 is 1.29 bits per heavy atom. The van der Waals surface area contributed by atoms with E-state index in [9.17, 15) is 0 Å². The molecule has 102 valence electrons. The van der Waals surface area contributed by atoms with Crippen molar-refractivity contribution < 1.29 is 14.2 Å². The van der Waals surface area contributed by atoms with Crippen LogP contribution in [-0.2, 0) is 14.2 Å². The highest BCUT2D eigenvalue weighted by Crippen LogP contribution is 2.34. The Morgan fingerprint density at radius 2 is 2.06 bits per heavy atom. The summed E-state index contributed by atoms with van der Waals surface area (Å²) in [4.78, 5) is 0. The minimum atomic E-state index is -0.417. The molecule has 2 fully saturated rings. The molecule has 0 amide bonds. The minimum Gasteiger partial charge on any atom is -0.349 e. The van der Waals surface area contributed by atoms with Crippen LogP contribution in [0.5, 0.6) is 0 Å². The SMILES string of the molecule is C.CCC1CCCC(OC2(C)CCC(C)O2)O1. The first-order valence-corrected chi connectivity index (χ1v) is 6.62. The normalized spacial score (nSPS) is 42.2. The first kappa shape index (κ1) is 14.9. The molecule has 0 radical (unpaired) electrons. The molecule has 0 aromatic carbocycles. The highest BCUT2D eigenvalue weighted by molar-refractivity contribution is 4.76. The summed E-state index contributed by atoms with van der Waals surface area (Å²) >= 11 is 0. The van der Waals surface area contributed by atoms with Crippen molar-refractivity contribution in [1.82, 2.24) is 0 Å². The van der Waals surface area contributed by atoms with E-state index in [1.165, 1.54) is 12.8 Å². The number of ether oxygens (including phenoxy) is 3. The van der Waals surface area contributed by atoms with Crippen LogP contribution in [0.3, 0.4) is 0 Å². The van der Waals surface area contributed by atoms with Crippen molar-refractivity contribution in [2.24, 2.45) is 0 Å². The van der Waals surface area contributed by atoms with Gasteiger partial charge in [0.15, 0.2) is 12.1 Å². The quantitative estimate of drug-likeness (QED) is 0.754. The molecule has 0 N–H and O–H groups in total. The molecule has 0 aliphatic carbocycles. The highest BCUT2D eigenvalue weighted by Gasteiger charge is 2.38. The van der Waals surface area contributed by atoms with E-state index in [-0.39, 0.29) is 13.7 Å². The van der Waals surface area contributed by atoms with E-state index in [0.717, 1.165) is 25.7 Å². The zero-order valence-corrected chi connectivity index (χ0v) is 10.7. The summed E-state index contributed by atoms with van der Waals surface area (Å²) in [6, 6.07) is 0. The molecular formula is C14H28O3. The summed E-state index contributed by atoms with van der Waals surface area (Å²) in [6.45, 7) is 6.31. The van der Waals surface area contributed by atoms with Gasteiger partial charge in [0.1, 0.15) is 0 Å². The van der Waals surface area contributed by atoms with Crippen LogP contribution >= 0.6 is 0 Å². The third-order valence-electron chi connectivity index (χ3n) is 3.60. The van der Waals surface area contributed by atoms with E-state index < -0.39 is 5.79 Å². The maximum atomic E-state index is 6.00. The predicted octanol–water partition coefficient (Wildman–Crippen LogP) is 3.86. The molecule has 3 heteroatoms. The van der Waals surface area contributed by atoms with Crippen LogP contribution in [0.2, 0.25) is 0 Å². The minimum absolute atomic E-state index is 0. The average Bonchev–Trinajstić information content (AvgIpc) is 2.58. The molecule has 0 spiro atoms. The smallest absolute Gasteiger partial charge is 0.169 e. The van der Waals surface area contributed by atoms with Gasteiger partial charge in [-0.2, -0.15) is 0 Å². The van der Waals surface area contributed by atoms with Gasteiger partial charge in [0.05, 0.1) is 12.2 Å². The van der Waals surface area contributed by atoms with E-state index >= 15 is 0 Å². The Kier molecular flexibility index (Phi) is 5.42. The van der Waals surface area contributed by atoms with Crippen molar-refractivity contribution in [3.05, 3.63) is 0 Å². The summed E-state index contributed by atoms with van der Waals surface area (Å²) in [6.07, 6.45) is 7.15. The fourth-order valence-corrected chi connectivity index (χ4v) is 2.62. The number of rotatable bonds is 3. The number of hydrogen-bond donors (Lipinski definition) is 0. The summed E-state index contributed by atoms with van der Waals surface area (Å²) in [5.41, 5.74) is 0. The lowest BCUT2D eigenvalue weighted by Gasteiger charge is -2.35. The van der Waals surface area contributed by atoms with Gasteiger partial charge >= 0.3 is 0 Å². The van der Waals surface area contributed by atoms with Crippen LogP contribution in [0.1, 0.15) is 66.7 Å². The average molecular weight is 244 g/mol. The Labute approximate surface area is 106 Å². The van der Waals surface area contributed by atoms with Crippen molar-refractivity contribution in [2.45, 2.75) is 91.0 Å². The second kappa shape index (κ2) is 6.17. The van der Waals surface area contributed by atoms with Crippen LogP contribution < -0.4 is 0 Å². The Hall–Kier alpha value is -0.120. The molecule has 2 rings (SSSR count). The monoisotopic (exact) mass is 244 g/mol. The summed E-state index contributed by atoms with van der Waals surface area (Å²) in [5.74, 6) is -0.417. The second-order valence-electron chi connectivity index (χ2n) is 5.25. The van der Waals surface area contributed by atoms with E-state index in [0.29, 0.717) is 12.2 Å². The topological polar surface area (TPSA) is 27.7 Å². The van der Waals surface area contributed by atoms with E-state index in [2.05, 4.69) is 13.8 Å². The predicted molar refractivity (Wildman–Crippen MR) is 68.8 cm³/mol. The lowest BCUT2D eigenvalue weighted by molar-refractivity contribution is -0.311. The van der Waals surface area contributed by atoms with Gasteiger partial charge in [-0.25, -0.2) is 0 Å². The third kappa shape index (κ3) is 3.94. The van der Waals surface area contributed by atoms with Gasteiger partial charge < -0.3 is 14.2 Å². The van der Waals surface area contributed by atoms with Gasteiger partial charge in [0, 0.05) is 6.42 Å². The molecule has 4 unspecified atom stereocenters. The molecule has 0 aromatic heterocycles.